The first kappa shape index (κ1) is 14.2. The maximum atomic E-state index is 13.6. The molecular weight excluding hydrogens is 264 g/mol. The molecule has 0 bridgehead atoms. The van der Waals surface area contributed by atoms with Crippen LogP contribution in [0.4, 0.5) is 8.78 Å². The van der Waals surface area contributed by atoms with Crippen LogP contribution in [0, 0.1) is 25.5 Å². The zero-order chi connectivity index (χ0) is 14.0. The van der Waals surface area contributed by atoms with Gasteiger partial charge in [-0.05, 0) is 38.5 Å². The van der Waals surface area contributed by atoms with Gasteiger partial charge in [-0.25, -0.2) is 8.78 Å². The first-order chi connectivity index (χ1) is 8.97. The van der Waals surface area contributed by atoms with Gasteiger partial charge in [0.05, 0.1) is 0 Å². The van der Waals surface area contributed by atoms with Crippen LogP contribution in [0.5, 0.6) is 0 Å². The predicted molar refractivity (Wildman–Crippen MR) is 75.4 cm³/mol. The number of thiophene rings is 1. The Morgan fingerprint density at radius 3 is 2.53 bits per heavy atom. The van der Waals surface area contributed by atoms with Crippen LogP contribution in [0.15, 0.2) is 24.3 Å². The van der Waals surface area contributed by atoms with E-state index in [-0.39, 0.29) is 6.04 Å². The van der Waals surface area contributed by atoms with Crippen molar-refractivity contribution < 1.29 is 8.78 Å². The smallest absolute Gasteiger partial charge is 0.130 e. The molecule has 2 aromatic rings. The molecule has 1 nitrogen and oxygen atoms in total. The molecule has 1 heterocycles. The molecule has 0 amide bonds. The van der Waals surface area contributed by atoms with E-state index >= 15 is 0 Å². The fourth-order valence-electron chi connectivity index (χ4n) is 2.08. The number of hydrogen-bond donors (Lipinski definition) is 1. The van der Waals surface area contributed by atoms with Crippen molar-refractivity contribution in [2.45, 2.75) is 33.4 Å². The highest BCUT2D eigenvalue weighted by Gasteiger charge is 2.12. The van der Waals surface area contributed by atoms with Crippen molar-refractivity contribution in [2.75, 3.05) is 0 Å². The van der Waals surface area contributed by atoms with E-state index in [1.807, 2.05) is 6.92 Å². The first-order valence-electron chi connectivity index (χ1n) is 6.21. The van der Waals surface area contributed by atoms with Crippen LogP contribution in [0.25, 0.3) is 0 Å². The third kappa shape index (κ3) is 3.39. The maximum absolute atomic E-state index is 13.6. The topological polar surface area (TPSA) is 12.0 Å². The lowest BCUT2D eigenvalue weighted by atomic mass is 10.1. The van der Waals surface area contributed by atoms with Crippen molar-refractivity contribution in [1.82, 2.24) is 5.32 Å². The van der Waals surface area contributed by atoms with Gasteiger partial charge < -0.3 is 5.32 Å². The largest absolute Gasteiger partial charge is 0.306 e. The van der Waals surface area contributed by atoms with E-state index in [1.165, 1.54) is 27.5 Å². The lowest BCUT2D eigenvalue weighted by Gasteiger charge is -2.15. The van der Waals surface area contributed by atoms with E-state index in [1.54, 1.807) is 11.3 Å². The highest BCUT2D eigenvalue weighted by molar-refractivity contribution is 7.12. The van der Waals surface area contributed by atoms with Gasteiger partial charge in [0.1, 0.15) is 11.6 Å². The fraction of sp³-hybridized carbons (Fsp3) is 0.333. The number of nitrogens with one attached hydrogen (secondary N) is 1. The van der Waals surface area contributed by atoms with Crippen molar-refractivity contribution in [3.63, 3.8) is 0 Å². The van der Waals surface area contributed by atoms with Gasteiger partial charge in [0, 0.05) is 34.0 Å². The van der Waals surface area contributed by atoms with Gasteiger partial charge in [-0.15, -0.1) is 11.3 Å². The molecule has 0 saturated heterocycles. The molecule has 0 aliphatic heterocycles. The second-order valence-corrected chi connectivity index (χ2v) is 6.17. The molecule has 1 aromatic carbocycles. The lowest BCUT2D eigenvalue weighted by molar-refractivity contribution is 0.517. The Labute approximate surface area is 116 Å². The standard InChI is InChI=1S/C15H17F2NS/c1-9-6-12(11(3)19-9)8-18-10(2)14-5-4-13(16)7-15(14)17/h4-7,10,18H,8H2,1-3H3. The lowest BCUT2D eigenvalue weighted by Crippen LogP contribution is -2.19. The molecule has 0 saturated carbocycles. The summed E-state index contributed by atoms with van der Waals surface area (Å²) >= 11 is 1.76. The molecule has 1 N–H and O–H groups in total. The molecule has 0 aliphatic carbocycles. The fourth-order valence-corrected chi connectivity index (χ4v) is 3.03. The first-order valence-corrected chi connectivity index (χ1v) is 7.03. The van der Waals surface area contributed by atoms with Crippen molar-refractivity contribution in [3.8, 4) is 0 Å². The highest BCUT2D eigenvalue weighted by Crippen LogP contribution is 2.22. The molecular formula is C15H17F2NS. The van der Waals surface area contributed by atoms with E-state index < -0.39 is 11.6 Å². The molecule has 1 unspecified atom stereocenters. The van der Waals surface area contributed by atoms with Crippen molar-refractivity contribution in [2.24, 2.45) is 0 Å². The van der Waals surface area contributed by atoms with Crippen LogP contribution < -0.4 is 5.32 Å². The van der Waals surface area contributed by atoms with Gasteiger partial charge in [0.25, 0.3) is 0 Å². The van der Waals surface area contributed by atoms with Crippen LogP contribution in [0.1, 0.15) is 33.8 Å². The monoisotopic (exact) mass is 281 g/mol. The van der Waals surface area contributed by atoms with Gasteiger partial charge in [0.2, 0.25) is 0 Å². The molecule has 0 spiro atoms. The Morgan fingerprint density at radius 1 is 1.21 bits per heavy atom. The van der Waals surface area contributed by atoms with Crippen LogP contribution in [0.3, 0.4) is 0 Å². The van der Waals surface area contributed by atoms with Gasteiger partial charge >= 0.3 is 0 Å². The molecule has 0 aliphatic rings. The number of halogens is 2. The van der Waals surface area contributed by atoms with E-state index in [2.05, 4.69) is 25.2 Å². The van der Waals surface area contributed by atoms with Crippen LogP contribution in [0.2, 0.25) is 0 Å². The quantitative estimate of drug-likeness (QED) is 0.870. The summed E-state index contributed by atoms with van der Waals surface area (Å²) in [6.07, 6.45) is 0. The maximum Gasteiger partial charge on any atom is 0.130 e. The Hall–Kier alpha value is -1.26. The minimum atomic E-state index is -0.544. The predicted octanol–water partition coefficient (Wildman–Crippen LogP) is 4.49. The molecule has 4 heteroatoms. The summed E-state index contributed by atoms with van der Waals surface area (Å²) in [5.74, 6) is -1.05. The minimum Gasteiger partial charge on any atom is -0.306 e. The van der Waals surface area contributed by atoms with E-state index in [4.69, 9.17) is 0 Å². The minimum absolute atomic E-state index is 0.153. The summed E-state index contributed by atoms with van der Waals surface area (Å²) < 4.78 is 26.5. The second-order valence-electron chi connectivity index (χ2n) is 4.71. The number of benzene rings is 1. The van der Waals surface area contributed by atoms with Crippen molar-refractivity contribution >= 4 is 11.3 Å². The van der Waals surface area contributed by atoms with Gasteiger partial charge in [0.15, 0.2) is 0 Å². The SMILES string of the molecule is Cc1cc(CNC(C)c2ccc(F)cc2F)c(C)s1. The van der Waals surface area contributed by atoms with Crippen LogP contribution >= 0.6 is 11.3 Å². The zero-order valence-corrected chi connectivity index (χ0v) is 12.1. The van der Waals surface area contributed by atoms with Crippen LogP contribution in [-0.4, -0.2) is 0 Å². The summed E-state index contributed by atoms with van der Waals surface area (Å²) in [7, 11) is 0. The molecule has 0 fully saturated rings. The molecule has 0 radical (unpaired) electrons. The van der Waals surface area contributed by atoms with Gasteiger partial charge in [-0.3, -0.25) is 0 Å². The average molecular weight is 281 g/mol. The van der Waals surface area contributed by atoms with Crippen molar-refractivity contribution in [3.05, 3.63) is 56.8 Å². The van der Waals surface area contributed by atoms with Gasteiger partial charge in [-0.1, -0.05) is 6.07 Å². The molecule has 1 aromatic heterocycles. The summed E-state index contributed by atoms with van der Waals surface area (Å²) in [5.41, 5.74) is 1.72. The average Bonchev–Trinajstić information content (AvgIpc) is 2.65. The molecule has 19 heavy (non-hydrogen) atoms. The Kier molecular flexibility index (Phi) is 4.32. The highest BCUT2D eigenvalue weighted by atomic mass is 32.1. The Balaban J connectivity index is 2.05. The number of hydrogen-bond acceptors (Lipinski definition) is 2. The van der Waals surface area contributed by atoms with E-state index in [9.17, 15) is 8.78 Å². The summed E-state index contributed by atoms with van der Waals surface area (Å²) in [5, 5.41) is 3.27. The van der Waals surface area contributed by atoms with Gasteiger partial charge in [-0.2, -0.15) is 0 Å². The summed E-state index contributed by atoms with van der Waals surface area (Å²) in [6, 6.07) is 5.69. The Morgan fingerprint density at radius 2 is 1.95 bits per heavy atom. The molecule has 2 rings (SSSR count). The molecule has 102 valence electrons. The molecule has 1 atom stereocenters. The summed E-state index contributed by atoms with van der Waals surface area (Å²) in [6.45, 7) is 6.72. The second kappa shape index (κ2) is 5.80. The van der Waals surface area contributed by atoms with Crippen molar-refractivity contribution in [1.29, 1.82) is 0 Å². The zero-order valence-electron chi connectivity index (χ0n) is 11.3. The third-order valence-electron chi connectivity index (χ3n) is 3.17. The van der Waals surface area contributed by atoms with E-state index in [0.29, 0.717) is 12.1 Å². The normalized spacial score (nSPS) is 12.7. The number of rotatable bonds is 4. The van der Waals surface area contributed by atoms with E-state index in [0.717, 1.165) is 6.07 Å². The van der Waals surface area contributed by atoms with Crippen LogP contribution in [-0.2, 0) is 6.54 Å². The summed E-state index contributed by atoms with van der Waals surface area (Å²) in [4.78, 5) is 2.55. The number of aryl methyl sites for hydroxylation is 2. The Bertz CT molecular complexity index is 578. The third-order valence-corrected chi connectivity index (χ3v) is 4.18.